The van der Waals surface area contributed by atoms with Crippen LogP contribution in [0.15, 0.2) is 42.5 Å². The molecule has 0 bridgehead atoms. The first-order valence-electron chi connectivity index (χ1n) is 6.82. The maximum atomic E-state index is 11.9. The van der Waals surface area contributed by atoms with Gasteiger partial charge in [0.25, 0.3) is 0 Å². The first-order valence-corrected chi connectivity index (χ1v) is 6.82. The van der Waals surface area contributed by atoms with Crippen molar-refractivity contribution in [2.75, 3.05) is 19.2 Å². The summed E-state index contributed by atoms with van der Waals surface area (Å²) in [5.74, 6) is 2.07. The molecule has 22 heavy (non-hydrogen) atoms. The van der Waals surface area contributed by atoms with Crippen molar-refractivity contribution >= 4 is 11.7 Å². The summed E-state index contributed by atoms with van der Waals surface area (Å²) in [5, 5.41) is 5.54. The smallest absolute Gasteiger partial charge is 0.319 e. The molecule has 1 aliphatic rings. The van der Waals surface area contributed by atoms with Gasteiger partial charge in [-0.2, -0.15) is 0 Å². The van der Waals surface area contributed by atoms with Gasteiger partial charge >= 0.3 is 6.03 Å². The summed E-state index contributed by atoms with van der Waals surface area (Å²) in [6, 6.07) is 12.5. The van der Waals surface area contributed by atoms with Gasteiger partial charge in [0.15, 0.2) is 11.5 Å². The summed E-state index contributed by atoms with van der Waals surface area (Å²) in [4.78, 5) is 11.9. The lowest BCUT2D eigenvalue weighted by Gasteiger charge is -2.09. The molecule has 0 aliphatic carbocycles. The molecule has 0 saturated heterocycles. The van der Waals surface area contributed by atoms with Gasteiger partial charge in [0.1, 0.15) is 5.75 Å². The highest BCUT2D eigenvalue weighted by Gasteiger charge is 2.14. The van der Waals surface area contributed by atoms with Gasteiger partial charge in [-0.3, -0.25) is 0 Å². The Labute approximate surface area is 128 Å². The van der Waals surface area contributed by atoms with E-state index in [1.165, 1.54) is 0 Å². The Balaban J connectivity index is 1.56. The zero-order valence-corrected chi connectivity index (χ0v) is 12.1. The predicted octanol–water partition coefficient (Wildman–Crippen LogP) is 2.75. The molecule has 0 radical (unpaired) electrons. The average Bonchev–Trinajstić information content (AvgIpc) is 3.01. The standard InChI is InChI=1S/C16H16N2O4/c1-20-13-4-2-3-11(7-13)9-17-16(19)18-12-5-6-14-15(8-12)22-10-21-14/h2-8H,9-10H2,1H3,(H2,17,18,19). The van der Waals surface area contributed by atoms with Crippen molar-refractivity contribution in [3.8, 4) is 17.2 Å². The van der Waals surface area contributed by atoms with E-state index in [1.807, 2.05) is 24.3 Å². The maximum Gasteiger partial charge on any atom is 0.319 e. The van der Waals surface area contributed by atoms with Crippen LogP contribution in [0.2, 0.25) is 0 Å². The predicted molar refractivity (Wildman–Crippen MR) is 81.4 cm³/mol. The Morgan fingerprint density at radius 1 is 1.18 bits per heavy atom. The van der Waals surface area contributed by atoms with Crippen LogP contribution in [0, 0.1) is 0 Å². The van der Waals surface area contributed by atoms with Crippen LogP contribution in [0.4, 0.5) is 10.5 Å². The molecule has 0 atom stereocenters. The normalized spacial score (nSPS) is 11.9. The van der Waals surface area contributed by atoms with Crippen LogP contribution >= 0.6 is 0 Å². The highest BCUT2D eigenvalue weighted by Crippen LogP contribution is 2.34. The van der Waals surface area contributed by atoms with E-state index in [4.69, 9.17) is 14.2 Å². The molecule has 0 saturated carbocycles. The molecule has 2 amide bonds. The van der Waals surface area contributed by atoms with Crippen molar-refractivity contribution in [1.82, 2.24) is 5.32 Å². The number of hydrogen-bond acceptors (Lipinski definition) is 4. The molecule has 2 N–H and O–H groups in total. The number of carbonyl (C=O) groups excluding carboxylic acids is 1. The van der Waals surface area contributed by atoms with Gasteiger partial charge < -0.3 is 24.8 Å². The summed E-state index contributed by atoms with van der Waals surface area (Å²) >= 11 is 0. The number of benzene rings is 2. The SMILES string of the molecule is COc1cccc(CNC(=O)Nc2ccc3c(c2)OCO3)c1. The Morgan fingerprint density at radius 3 is 2.91 bits per heavy atom. The van der Waals surface area contributed by atoms with E-state index in [1.54, 1.807) is 25.3 Å². The van der Waals surface area contributed by atoms with E-state index >= 15 is 0 Å². The number of carbonyl (C=O) groups is 1. The summed E-state index contributed by atoms with van der Waals surface area (Å²) in [6.45, 7) is 0.619. The fourth-order valence-corrected chi connectivity index (χ4v) is 2.11. The summed E-state index contributed by atoms with van der Waals surface area (Å²) < 4.78 is 15.6. The van der Waals surface area contributed by atoms with Crippen LogP contribution in [0.25, 0.3) is 0 Å². The van der Waals surface area contributed by atoms with Gasteiger partial charge in [0, 0.05) is 18.3 Å². The van der Waals surface area contributed by atoms with Crippen LogP contribution < -0.4 is 24.8 Å². The molecule has 2 aromatic rings. The van der Waals surface area contributed by atoms with E-state index < -0.39 is 0 Å². The first kappa shape index (κ1) is 14.1. The molecule has 6 nitrogen and oxygen atoms in total. The van der Waals surface area contributed by atoms with Crippen LogP contribution in [-0.4, -0.2) is 19.9 Å². The number of urea groups is 1. The Hall–Kier alpha value is -2.89. The third kappa shape index (κ3) is 3.22. The fraction of sp³-hybridized carbons (Fsp3) is 0.188. The number of nitrogens with one attached hydrogen (secondary N) is 2. The van der Waals surface area contributed by atoms with Crippen molar-refractivity contribution < 1.29 is 19.0 Å². The van der Waals surface area contributed by atoms with Gasteiger partial charge in [-0.1, -0.05) is 12.1 Å². The molecule has 0 spiro atoms. The van der Waals surface area contributed by atoms with Gasteiger partial charge in [-0.15, -0.1) is 0 Å². The summed E-state index contributed by atoms with van der Waals surface area (Å²) in [7, 11) is 1.61. The molecule has 0 aromatic heterocycles. The van der Waals surface area contributed by atoms with Gasteiger partial charge in [-0.05, 0) is 29.8 Å². The minimum atomic E-state index is -0.290. The van der Waals surface area contributed by atoms with Crippen molar-refractivity contribution in [3.63, 3.8) is 0 Å². The molecule has 1 heterocycles. The molecular formula is C16H16N2O4. The average molecular weight is 300 g/mol. The van der Waals surface area contributed by atoms with Crippen LogP contribution in [0.1, 0.15) is 5.56 Å². The van der Waals surface area contributed by atoms with E-state index in [9.17, 15) is 4.79 Å². The lowest BCUT2D eigenvalue weighted by atomic mass is 10.2. The Bertz CT molecular complexity index is 688. The Morgan fingerprint density at radius 2 is 2.05 bits per heavy atom. The second kappa shape index (κ2) is 6.26. The van der Waals surface area contributed by atoms with Gasteiger partial charge in [0.2, 0.25) is 6.79 Å². The zero-order chi connectivity index (χ0) is 15.4. The quantitative estimate of drug-likeness (QED) is 0.911. The minimum Gasteiger partial charge on any atom is -0.497 e. The molecule has 2 aromatic carbocycles. The molecule has 6 heteroatoms. The molecule has 0 unspecified atom stereocenters. The van der Waals surface area contributed by atoms with E-state index in [0.29, 0.717) is 23.7 Å². The lowest BCUT2D eigenvalue weighted by molar-refractivity contribution is 0.174. The number of fused-ring (bicyclic) bond motifs is 1. The first-order chi connectivity index (χ1) is 10.7. The molecule has 114 valence electrons. The van der Waals surface area contributed by atoms with Gasteiger partial charge in [0.05, 0.1) is 7.11 Å². The lowest BCUT2D eigenvalue weighted by Crippen LogP contribution is -2.28. The van der Waals surface area contributed by atoms with E-state index in [-0.39, 0.29) is 12.8 Å². The summed E-state index contributed by atoms with van der Waals surface area (Å²) in [6.07, 6.45) is 0. The maximum absolute atomic E-state index is 11.9. The third-order valence-electron chi connectivity index (χ3n) is 3.22. The van der Waals surface area contributed by atoms with E-state index in [2.05, 4.69) is 10.6 Å². The number of anilines is 1. The fourth-order valence-electron chi connectivity index (χ4n) is 2.11. The van der Waals surface area contributed by atoms with Crippen molar-refractivity contribution in [2.24, 2.45) is 0 Å². The summed E-state index contributed by atoms with van der Waals surface area (Å²) in [5.41, 5.74) is 1.60. The highest BCUT2D eigenvalue weighted by atomic mass is 16.7. The second-order valence-corrected chi connectivity index (χ2v) is 4.73. The minimum absolute atomic E-state index is 0.209. The third-order valence-corrected chi connectivity index (χ3v) is 3.22. The van der Waals surface area contributed by atoms with Crippen LogP contribution in [0.5, 0.6) is 17.2 Å². The van der Waals surface area contributed by atoms with E-state index in [0.717, 1.165) is 11.3 Å². The second-order valence-electron chi connectivity index (χ2n) is 4.73. The molecular weight excluding hydrogens is 284 g/mol. The van der Waals surface area contributed by atoms with Gasteiger partial charge in [-0.25, -0.2) is 4.79 Å². The van der Waals surface area contributed by atoms with Crippen LogP contribution in [-0.2, 0) is 6.54 Å². The number of amides is 2. The van der Waals surface area contributed by atoms with Crippen LogP contribution in [0.3, 0.4) is 0 Å². The number of ether oxygens (including phenoxy) is 3. The topological polar surface area (TPSA) is 68.8 Å². The highest BCUT2D eigenvalue weighted by molar-refractivity contribution is 5.89. The van der Waals surface area contributed by atoms with Crippen molar-refractivity contribution in [3.05, 3.63) is 48.0 Å². The largest absolute Gasteiger partial charge is 0.497 e. The van der Waals surface area contributed by atoms with Crippen molar-refractivity contribution in [2.45, 2.75) is 6.54 Å². The number of methoxy groups -OCH3 is 1. The molecule has 0 fully saturated rings. The van der Waals surface area contributed by atoms with Crippen molar-refractivity contribution in [1.29, 1.82) is 0 Å². The number of rotatable bonds is 4. The zero-order valence-electron chi connectivity index (χ0n) is 12.1. The monoisotopic (exact) mass is 300 g/mol. The Kier molecular flexibility index (Phi) is 4.00. The molecule has 1 aliphatic heterocycles. The molecule has 3 rings (SSSR count). The number of hydrogen-bond donors (Lipinski definition) is 2.